The second-order valence-electron chi connectivity index (χ2n) is 7.14. The maximum Gasteiger partial charge on any atom is 0.263 e. The van der Waals surface area contributed by atoms with Crippen LogP contribution >= 0.6 is 0 Å². The molecule has 0 atom stereocenters. The maximum absolute atomic E-state index is 14.4. The molecule has 0 radical (unpaired) electrons. The van der Waals surface area contributed by atoms with Crippen LogP contribution in [-0.2, 0) is 9.53 Å². The summed E-state index contributed by atoms with van der Waals surface area (Å²) in [4.78, 5) is 26.3. The van der Waals surface area contributed by atoms with Crippen molar-refractivity contribution in [3.8, 4) is 5.75 Å². The summed E-state index contributed by atoms with van der Waals surface area (Å²) >= 11 is 0. The third-order valence-corrected chi connectivity index (χ3v) is 4.97. The van der Waals surface area contributed by atoms with E-state index in [4.69, 9.17) is 9.47 Å². The van der Waals surface area contributed by atoms with Crippen molar-refractivity contribution in [3.63, 3.8) is 0 Å². The Balaban J connectivity index is 1.37. The lowest BCUT2D eigenvalue weighted by molar-refractivity contribution is -0.118. The van der Waals surface area contributed by atoms with E-state index in [1.165, 1.54) is 0 Å². The number of fused-ring (bicyclic) bond motifs is 1. The van der Waals surface area contributed by atoms with Crippen molar-refractivity contribution >= 4 is 40.7 Å². The molecule has 0 unspecified atom stereocenters. The van der Waals surface area contributed by atoms with Crippen LogP contribution in [0.3, 0.4) is 0 Å². The molecule has 0 aliphatic carbocycles. The molecule has 32 heavy (non-hydrogen) atoms. The molecule has 0 spiro atoms. The fourth-order valence-electron chi connectivity index (χ4n) is 3.45. The van der Waals surface area contributed by atoms with Gasteiger partial charge in [0.2, 0.25) is 5.95 Å². The number of hydrogen-bond acceptors (Lipinski definition) is 9. The zero-order valence-corrected chi connectivity index (χ0v) is 17.0. The smallest absolute Gasteiger partial charge is 0.263 e. The molecule has 5 rings (SSSR count). The van der Waals surface area contributed by atoms with Gasteiger partial charge in [-0.05, 0) is 24.3 Å². The number of halogens is 1. The first-order valence-corrected chi connectivity index (χ1v) is 10.1. The van der Waals surface area contributed by atoms with Gasteiger partial charge in [0, 0.05) is 13.1 Å². The van der Waals surface area contributed by atoms with Crippen LogP contribution < -0.4 is 25.6 Å². The van der Waals surface area contributed by atoms with Gasteiger partial charge in [0.25, 0.3) is 5.91 Å². The van der Waals surface area contributed by atoms with Gasteiger partial charge in [-0.25, -0.2) is 14.4 Å². The molecule has 1 amide bonds. The Labute approximate surface area is 182 Å². The van der Waals surface area contributed by atoms with E-state index in [-0.39, 0.29) is 30.1 Å². The zero-order chi connectivity index (χ0) is 21.9. The number of para-hydroxylation sites is 2. The molecular formula is C21H20FN7O3. The average Bonchev–Trinajstić information content (AvgIpc) is 2.82. The highest BCUT2D eigenvalue weighted by Gasteiger charge is 2.19. The van der Waals surface area contributed by atoms with Crippen LogP contribution in [-0.4, -0.2) is 53.8 Å². The van der Waals surface area contributed by atoms with E-state index < -0.39 is 5.82 Å². The second kappa shape index (κ2) is 8.63. The molecular weight excluding hydrogens is 417 g/mol. The Hall–Kier alpha value is -3.99. The number of benzene rings is 1. The van der Waals surface area contributed by atoms with Gasteiger partial charge in [-0.15, -0.1) is 0 Å². The molecule has 11 heteroatoms. The quantitative estimate of drug-likeness (QED) is 0.554. The predicted molar refractivity (Wildman–Crippen MR) is 116 cm³/mol. The SMILES string of the molecule is O=C1COc2ccc(Nc3nc(Nc4ccccc4N4CCOCC4)ncc3F)nc2N1. The van der Waals surface area contributed by atoms with Gasteiger partial charge in [-0.2, -0.15) is 4.98 Å². The van der Waals surface area contributed by atoms with E-state index in [9.17, 15) is 9.18 Å². The summed E-state index contributed by atoms with van der Waals surface area (Å²) in [7, 11) is 0. The maximum atomic E-state index is 14.4. The number of hydrogen-bond donors (Lipinski definition) is 3. The number of carbonyl (C=O) groups excluding carboxylic acids is 1. The highest BCUT2D eigenvalue weighted by molar-refractivity contribution is 5.94. The van der Waals surface area contributed by atoms with Crippen LogP contribution in [0, 0.1) is 5.82 Å². The van der Waals surface area contributed by atoms with Crippen LogP contribution in [0.15, 0.2) is 42.6 Å². The molecule has 1 aromatic carbocycles. The summed E-state index contributed by atoms with van der Waals surface area (Å²) in [5.74, 6) is 0.231. The Morgan fingerprint density at radius 2 is 1.91 bits per heavy atom. The number of morpholine rings is 1. The summed E-state index contributed by atoms with van der Waals surface area (Å²) in [5.41, 5.74) is 1.80. The van der Waals surface area contributed by atoms with E-state index in [0.29, 0.717) is 24.8 Å². The van der Waals surface area contributed by atoms with Crippen molar-refractivity contribution in [2.45, 2.75) is 0 Å². The number of pyridine rings is 1. The van der Waals surface area contributed by atoms with Crippen molar-refractivity contribution in [2.75, 3.05) is 53.8 Å². The monoisotopic (exact) mass is 437 g/mol. The topological polar surface area (TPSA) is 114 Å². The lowest BCUT2D eigenvalue weighted by Gasteiger charge is -2.30. The van der Waals surface area contributed by atoms with Gasteiger partial charge in [-0.1, -0.05) is 12.1 Å². The van der Waals surface area contributed by atoms with E-state index in [1.807, 2.05) is 24.3 Å². The summed E-state index contributed by atoms with van der Waals surface area (Å²) < 4.78 is 25.1. The Bertz CT molecular complexity index is 1150. The lowest BCUT2D eigenvalue weighted by atomic mass is 10.2. The summed E-state index contributed by atoms with van der Waals surface area (Å²) in [6.45, 7) is 2.81. The van der Waals surface area contributed by atoms with Crippen molar-refractivity contribution in [3.05, 3.63) is 48.4 Å². The highest BCUT2D eigenvalue weighted by Crippen LogP contribution is 2.30. The molecule has 2 aromatic heterocycles. The van der Waals surface area contributed by atoms with Crippen LogP contribution in [0.1, 0.15) is 0 Å². The molecule has 3 aromatic rings. The van der Waals surface area contributed by atoms with Gasteiger partial charge in [0.15, 0.2) is 29.8 Å². The number of carbonyl (C=O) groups is 1. The van der Waals surface area contributed by atoms with Gasteiger partial charge in [0.1, 0.15) is 5.82 Å². The number of amides is 1. The minimum atomic E-state index is -0.642. The third-order valence-electron chi connectivity index (χ3n) is 4.97. The predicted octanol–water partition coefficient (Wildman–Crippen LogP) is 2.67. The number of ether oxygens (including phenoxy) is 2. The van der Waals surface area contributed by atoms with E-state index >= 15 is 0 Å². The van der Waals surface area contributed by atoms with E-state index in [1.54, 1.807) is 12.1 Å². The number of rotatable bonds is 5. The normalized spacial score (nSPS) is 15.4. The van der Waals surface area contributed by atoms with E-state index in [2.05, 4.69) is 35.8 Å². The van der Waals surface area contributed by atoms with Crippen molar-refractivity contribution < 1.29 is 18.7 Å². The highest BCUT2D eigenvalue weighted by atomic mass is 19.1. The number of anilines is 6. The van der Waals surface area contributed by atoms with Gasteiger partial charge in [-0.3, -0.25) is 4.79 Å². The first kappa shape index (κ1) is 19.9. The van der Waals surface area contributed by atoms with Gasteiger partial charge < -0.3 is 30.3 Å². The van der Waals surface area contributed by atoms with Gasteiger partial charge >= 0.3 is 0 Å². The minimum Gasteiger partial charge on any atom is -0.480 e. The largest absolute Gasteiger partial charge is 0.480 e. The molecule has 10 nitrogen and oxygen atoms in total. The van der Waals surface area contributed by atoms with Crippen LogP contribution in [0.5, 0.6) is 5.75 Å². The summed E-state index contributed by atoms with van der Waals surface area (Å²) in [6.07, 6.45) is 1.08. The number of nitrogens with one attached hydrogen (secondary N) is 3. The third kappa shape index (κ3) is 4.23. The number of aromatic nitrogens is 3. The molecule has 2 aliphatic rings. The van der Waals surface area contributed by atoms with Crippen molar-refractivity contribution in [2.24, 2.45) is 0 Å². The van der Waals surface area contributed by atoms with Crippen molar-refractivity contribution in [1.82, 2.24) is 15.0 Å². The molecule has 3 N–H and O–H groups in total. The Morgan fingerprint density at radius 1 is 1.06 bits per heavy atom. The second-order valence-corrected chi connectivity index (χ2v) is 7.14. The summed E-state index contributed by atoms with van der Waals surface area (Å²) in [6, 6.07) is 11.0. The van der Waals surface area contributed by atoms with Crippen LogP contribution in [0.25, 0.3) is 0 Å². The molecule has 1 fully saturated rings. The fourth-order valence-corrected chi connectivity index (χ4v) is 3.45. The minimum absolute atomic E-state index is 0.0538. The van der Waals surface area contributed by atoms with Gasteiger partial charge in [0.05, 0.1) is 30.8 Å². The Kier molecular flexibility index (Phi) is 5.38. The molecule has 0 bridgehead atoms. The lowest BCUT2D eigenvalue weighted by Crippen LogP contribution is -2.36. The molecule has 4 heterocycles. The molecule has 2 aliphatic heterocycles. The Morgan fingerprint density at radius 3 is 2.78 bits per heavy atom. The average molecular weight is 437 g/mol. The molecule has 164 valence electrons. The standard InChI is InChI=1S/C21H20FN7O3/c22-13-11-23-21(24-14-3-1-2-4-15(14)29-7-9-31-10-8-29)28-19(13)25-17-6-5-16-20(26-17)27-18(30)12-32-16/h1-6,11H,7-10,12H2,(H3,23,24,25,26,27,28,30). The molecule has 1 saturated heterocycles. The van der Waals surface area contributed by atoms with Crippen LogP contribution in [0.4, 0.5) is 39.2 Å². The molecule has 0 saturated carbocycles. The summed E-state index contributed by atoms with van der Waals surface area (Å²) in [5, 5.41) is 8.62. The van der Waals surface area contributed by atoms with E-state index in [0.717, 1.165) is 30.7 Å². The first-order chi connectivity index (χ1) is 15.7. The van der Waals surface area contributed by atoms with Crippen LogP contribution in [0.2, 0.25) is 0 Å². The van der Waals surface area contributed by atoms with Crippen molar-refractivity contribution in [1.29, 1.82) is 0 Å². The fraction of sp³-hybridized carbons (Fsp3) is 0.238. The first-order valence-electron chi connectivity index (χ1n) is 10.1. The zero-order valence-electron chi connectivity index (χ0n) is 17.0. The number of nitrogens with zero attached hydrogens (tertiary/aromatic N) is 4.